The van der Waals surface area contributed by atoms with Crippen LogP contribution >= 0.6 is 0 Å². The maximum absolute atomic E-state index is 13.0. The second-order valence-electron chi connectivity index (χ2n) is 7.04. The van der Waals surface area contributed by atoms with Gasteiger partial charge in [0.15, 0.2) is 5.58 Å². The Morgan fingerprint density at radius 3 is 2.70 bits per heavy atom. The lowest BCUT2D eigenvalue weighted by Gasteiger charge is -2.22. The van der Waals surface area contributed by atoms with Crippen molar-refractivity contribution in [1.29, 1.82) is 0 Å². The minimum atomic E-state index is 0.0816. The molecule has 2 aromatic carbocycles. The van der Waals surface area contributed by atoms with Gasteiger partial charge in [0.1, 0.15) is 5.52 Å². The van der Waals surface area contributed by atoms with Crippen molar-refractivity contribution in [2.75, 3.05) is 50.1 Å². The minimum absolute atomic E-state index is 0.0816. The van der Waals surface area contributed by atoms with Crippen LogP contribution in [0.25, 0.3) is 11.1 Å². The predicted octanol–water partition coefficient (Wildman–Crippen LogP) is 3.25. The number of hydrogen-bond acceptors (Lipinski definition) is 5. The zero-order valence-electron chi connectivity index (χ0n) is 15.8. The van der Waals surface area contributed by atoms with Crippen LogP contribution in [0.15, 0.2) is 52.9 Å². The van der Waals surface area contributed by atoms with Crippen molar-refractivity contribution in [2.24, 2.45) is 0 Å². The molecule has 4 rings (SSSR count). The van der Waals surface area contributed by atoms with Crippen LogP contribution in [0.5, 0.6) is 0 Å². The fourth-order valence-corrected chi connectivity index (χ4v) is 3.41. The fourth-order valence-electron chi connectivity index (χ4n) is 3.41. The van der Waals surface area contributed by atoms with Crippen molar-refractivity contribution >= 4 is 28.7 Å². The van der Waals surface area contributed by atoms with Gasteiger partial charge in [0.05, 0.1) is 0 Å². The van der Waals surface area contributed by atoms with E-state index in [1.165, 1.54) is 0 Å². The third-order valence-corrected chi connectivity index (χ3v) is 4.95. The summed E-state index contributed by atoms with van der Waals surface area (Å²) in [6, 6.07) is 16.2. The van der Waals surface area contributed by atoms with Crippen molar-refractivity contribution in [3.05, 3.63) is 54.1 Å². The highest BCUT2D eigenvalue weighted by atomic mass is 16.4. The molecule has 1 saturated heterocycles. The summed E-state index contributed by atoms with van der Waals surface area (Å²) >= 11 is 0. The maximum Gasteiger partial charge on any atom is 0.298 e. The first kappa shape index (κ1) is 17.4. The second-order valence-corrected chi connectivity index (χ2v) is 7.04. The molecule has 1 aliphatic rings. The summed E-state index contributed by atoms with van der Waals surface area (Å²) < 4.78 is 5.89. The number of anilines is 2. The lowest BCUT2D eigenvalue weighted by molar-refractivity contribution is 0.0767. The Morgan fingerprint density at radius 1 is 1.04 bits per heavy atom. The first-order chi connectivity index (χ1) is 13.1. The molecular formula is C21H24N4O2. The molecule has 0 bridgehead atoms. The molecule has 1 fully saturated rings. The molecule has 2 heterocycles. The summed E-state index contributed by atoms with van der Waals surface area (Å²) in [5.41, 5.74) is 3.43. The van der Waals surface area contributed by atoms with Crippen LogP contribution in [0.2, 0.25) is 0 Å². The summed E-state index contributed by atoms with van der Waals surface area (Å²) in [6.45, 7) is 2.94. The number of nitrogens with zero attached hydrogens (tertiary/aromatic N) is 4. The van der Waals surface area contributed by atoms with Crippen molar-refractivity contribution in [3.63, 3.8) is 0 Å². The van der Waals surface area contributed by atoms with Crippen LogP contribution in [-0.4, -0.2) is 56.1 Å². The van der Waals surface area contributed by atoms with E-state index in [1.54, 1.807) is 0 Å². The molecule has 1 aromatic heterocycles. The number of para-hydroxylation sites is 2. The maximum atomic E-state index is 13.0. The fraction of sp³-hybridized carbons (Fsp3) is 0.333. The second kappa shape index (κ2) is 7.31. The Labute approximate surface area is 159 Å². The number of fused-ring (bicyclic) bond motifs is 1. The van der Waals surface area contributed by atoms with Gasteiger partial charge in [-0.1, -0.05) is 18.2 Å². The molecule has 0 radical (unpaired) electrons. The summed E-state index contributed by atoms with van der Waals surface area (Å²) in [4.78, 5) is 23.6. The molecule has 1 aliphatic heterocycles. The Bertz CT molecular complexity index is 917. The highest BCUT2D eigenvalue weighted by Gasteiger charge is 2.23. The first-order valence-electron chi connectivity index (χ1n) is 9.29. The van der Waals surface area contributed by atoms with E-state index >= 15 is 0 Å². The molecule has 0 spiro atoms. The molecular weight excluding hydrogens is 340 g/mol. The van der Waals surface area contributed by atoms with Gasteiger partial charge >= 0.3 is 0 Å². The van der Waals surface area contributed by atoms with E-state index in [4.69, 9.17) is 4.42 Å². The topological polar surface area (TPSA) is 52.8 Å². The van der Waals surface area contributed by atoms with E-state index in [1.807, 2.05) is 72.4 Å². The molecule has 3 aromatic rings. The van der Waals surface area contributed by atoms with Crippen LogP contribution < -0.4 is 9.80 Å². The van der Waals surface area contributed by atoms with Gasteiger partial charge in [-0.3, -0.25) is 4.79 Å². The third kappa shape index (κ3) is 3.60. The quantitative estimate of drug-likeness (QED) is 0.714. The number of aromatic nitrogens is 1. The lowest BCUT2D eigenvalue weighted by Crippen LogP contribution is -2.35. The summed E-state index contributed by atoms with van der Waals surface area (Å²) in [5, 5.41) is 0. The van der Waals surface area contributed by atoms with Crippen molar-refractivity contribution < 1.29 is 9.21 Å². The average Bonchev–Trinajstić information content (AvgIpc) is 2.97. The SMILES string of the molecule is CN(C)c1cccc(C(=O)N2CCCN(c3nc4ccccc4o3)CC2)c1. The molecule has 0 saturated carbocycles. The Morgan fingerprint density at radius 2 is 1.89 bits per heavy atom. The summed E-state index contributed by atoms with van der Waals surface area (Å²) in [7, 11) is 3.96. The van der Waals surface area contributed by atoms with E-state index in [9.17, 15) is 4.79 Å². The number of carbonyl (C=O) groups is 1. The predicted molar refractivity (Wildman–Crippen MR) is 108 cm³/mol. The molecule has 0 N–H and O–H groups in total. The molecule has 0 unspecified atom stereocenters. The van der Waals surface area contributed by atoms with Crippen molar-refractivity contribution in [1.82, 2.24) is 9.88 Å². The van der Waals surface area contributed by atoms with Gasteiger partial charge in [0.25, 0.3) is 11.9 Å². The smallest absolute Gasteiger partial charge is 0.298 e. The highest BCUT2D eigenvalue weighted by molar-refractivity contribution is 5.95. The number of hydrogen-bond donors (Lipinski definition) is 0. The van der Waals surface area contributed by atoms with Crippen LogP contribution in [0.3, 0.4) is 0 Å². The molecule has 0 aliphatic carbocycles. The van der Waals surface area contributed by atoms with Crippen molar-refractivity contribution in [2.45, 2.75) is 6.42 Å². The molecule has 6 nitrogen and oxygen atoms in total. The number of rotatable bonds is 3. The van der Waals surface area contributed by atoms with Gasteiger partial charge < -0.3 is 19.1 Å². The molecule has 140 valence electrons. The number of amides is 1. The van der Waals surface area contributed by atoms with Crippen LogP contribution in [0.4, 0.5) is 11.7 Å². The van der Waals surface area contributed by atoms with E-state index in [-0.39, 0.29) is 5.91 Å². The molecule has 27 heavy (non-hydrogen) atoms. The van der Waals surface area contributed by atoms with Gasteiger partial charge in [0.2, 0.25) is 0 Å². The Kier molecular flexibility index (Phi) is 4.71. The molecule has 6 heteroatoms. The van der Waals surface area contributed by atoms with Crippen LogP contribution in [0, 0.1) is 0 Å². The van der Waals surface area contributed by atoms with Gasteiger partial charge in [-0.25, -0.2) is 0 Å². The largest absolute Gasteiger partial charge is 0.423 e. The van der Waals surface area contributed by atoms with Crippen molar-refractivity contribution in [3.8, 4) is 0 Å². The van der Waals surface area contributed by atoms with Crippen LogP contribution in [-0.2, 0) is 0 Å². The number of oxazole rings is 1. The zero-order valence-corrected chi connectivity index (χ0v) is 15.8. The minimum Gasteiger partial charge on any atom is -0.423 e. The lowest BCUT2D eigenvalue weighted by atomic mass is 10.1. The van der Waals surface area contributed by atoms with Gasteiger partial charge in [0, 0.05) is 51.5 Å². The molecule has 1 amide bonds. The van der Waals surface area contributed by atoms with E-state index < -0.39 is 0 Å². The van der Waals surface area contributed by atoms with Gasteiger partial charge in [-0.05, 0) is 36.8 Å². The van der Waals surface area contributed by atoms with Crippen LogP contribution in [0.1, 0.15) is 16.8 Å². The normalized spacial score (nSPS) is 15.0. The summed E-state index contributed by atoms with van der Waals surface area (Å²) in [5.74, 6) is 0.0816. The zero-order chi connectivity index (χ0) is 18.8. The van der Waals surface area contributed by atoms with Gasteiger partial charge in [-0.2, -0.15) is 4.98 Å². The van der Waals surface area contributed by atoms with E-state index in [0.717, 1.165) is 41.9 Å². The highest BCUT2D eigenvalue weighted by Crippen LogP contribution is 2.23. The Hall–Kier alpha value is -3.02. The molecule has 0 atom stereocenters. The van der Waals surface area contributed by atoms with E-state index in [0.29, 0.717) is 19.1 Å². The van der Waals surface area contributed by atoms with Gasteiger partial charge in [-0.15, -0.1) is 0 Å². The number of benzene rings is 2. The first-order valence-corrected chi connectivity index (χ1v) is 9.29. The average molecular weight is 364 g/mol. The number of carbonyl (C=O) groups excluding carboxylic acids is 1. The Balaban J connectivity index is 1.48. The summed E-state index contributed by atoms with van der Waals surface area (Å²) in [6.07, 6.45) is 0.887. The third-order valence-electron chi connectivity index (χ3n) is 4.95. The van der Waals surface area contributed by atoms with E-state index in [2.05, 4.69) is 9.88 Å². The monoisotopic (exact) mass is 364 g/mol. The standard InChI is InChI=1S/C21H24N4O2/c1-23(2)17-8-5-7-16(15-17)20(26)24-11-6-12-25(14-13-24)21-22-18-9-3-4-10-19(18)27-21/h3-5,7-10,15H,6,11-14H2,1-2H3.